The van der Waals surface area contributed by atoms with Gasteiger partial charge in [0.05, 0.1) is 0 Å². The van der Waals surface area contributed by atoms with E-state index in [4.69, 9.17) is 27.9 Å². The van der Waals surface area contributed by atoms with Gasteiger partial charge in [-0.1, -0.05) is 53.5 Å². The lowest BCUT2D eigenvalue weighted by molar-refractivity contribution is 0.302. The maximum Gasteiger partial charge on any atom is 0.124 e. The first-order valence-electron chi connectivity index (χ1n) is 7.97. The van der Waals surface area contributed by atoms with Crippen LogP contribution in [0.4, 0.5) is 0 Å². The van der Waals surface area contributed by atoms with Crippen molar-refractivity contribution in [1.82, 2.24) is 10.3 Å². The van der Waals surface area contributed by atoms with Crippen molar-refractivity contribution in [3.63, 3.8) is 0 Å². The summed E-state index contributed by atoms with van der Waals surface area (Å²) in [6, 6.07) is 17.4. The molecule has 0 bridgehead atoms. The lowest BCUT2D eigenvalue weighted by atomic mass is 10.2. The van der Waals surface area contributed by atoms with Crippen LogP contribution < -0.4 is 10.1 Å². The van der Waals surface area contributed by atoms with Crippen LogP contribution in [0, 0.1) is 0 Å². The molecule has 0 fully saturated rings. The lowest BCUT2D eigenvalue weighted by Crippen LogP contribution is -2.13. The Morgan fingerprint density at radius 3 is 2.44 bits per heavy atom. The topological polar surface area (TPSA) is 34.1 Å². The van der Waals surface area contributed by atoms with Gasteiger partial charge in [0.2, 0.25) is 0 Å². The third-order valence-electron chi connectivity index (χ3n) is 3.77. The molecule has 0 atom stereocenters. The molecule has 2 aromatic carbocycles. The number of nitrogens with zero attached hydrogens (tertiary/aromatic N) is 1. The molecule has 1 aromatic heterocycles. The van der Waals surface area contributed by atoms with Crippen LogP contribution in [-0.2, 0) is 19.7 Å². The minimum absolute atomic E-state index is 0.331. The Morgan fingerprint density at radius 1 is 0.880 bits per heavy atom. The number of nitrogens with one attached hydrogen (secondary N) is 1. The molecule has 0 spiro atoms. The summed E-state index contributed by atoms with van der Waals surface area (Å²) in [5.74, 6) is 0.817. The normalized spacial score (nSPS) is 10.6. The number of pyridine rings is 1. The van der Waals surface area contributed by atoms with Gasteiger partial charge in [-0.05, 0) is 29.8 Å². The first kappa shape index (κ1) is 17.7. The highest BCUT2D eigenvalue weighted by molar-refractivity contribution is 6.35. The zero-order valence-electron chi connectivity index (χ0n) is 13.6. The quantitative estimate of drug-likeness (QED) is 0.614. The molecule has 1 heterocycles. The van der Waals surface area contributed by atoms with Crippen molar-refractivity contribution in [2.24, 2.45) is 0 Å². The number of hydrogen-bond acceptors (Lipinski definition) is 3. The molecule has 0 unspecified atom stereocenters. The number of hydrogen-bond donors (Lipinski definition) is 1. The molecule has 0 aliphatic rings. The summed E-state index contributed by atoms with van der Waals surface area (Å²) in [7, 11) is 0. The van der Waals surface area contributed by atoms with E-state index in [-0.39, 0.29) is 0 Å². The summed E-state index contributed by atoms with van der Waals surface area (Å²) in [5, 5.41) is 4.63. The van der Waals surface area contributed by atoms with Gasteiger partial charge < -0.3 is 10.1 Å². The summed E-state index contributed by atoms with van der Waals surface area (Å²) in [6.07, 6.45) is 3.63. The molecule has 25 heavy (non-hydrogen) atoms. The molecule has 1 N–H and O–H groups in total. The first-order chi connectivity index (χ1) is 12.2. The Morgan fingerprint density at radius 2 is 1.68 bits per heavy atom. The second-order valence-corrected chi connectivity index (χ2v) is 6.38. The fourth-order valence-electron chi connectivity index (χ4n) is 2.46. The molecule has 5 heteroatoms. The molecule has 0 amide bonds. The Kier molecular flexibility index (Phi) is 6.29. The molecule has 3 nitrogen and oxygen atoms in total. The summed E-state index contributed by atoms with van der Waals surface area (Å²) >= 11 is 12.4. The number of benzene rings is 2. The van der Waals surface area contributed by atoms with E-state index in [0.29, 0.717) is 23.2 Å². The van der Waals surface area contributed by atoms with E-state index in [0.717, 1.165) is 29.0 Å². The van der Waals surface area contributed by atoms with Gasteiger partial charge in [0.25, 0.3) is 0 Å². The Bertz CT molecular complexity index is 805. The molecule has 128 valence electrons. The number of halogens is 2. The second kappa shape index (κ2) is 8.86. The van der Waals surface area contributed by atoms with Crippen LogP contribution in [0.3, 0.4) is 0 Å². The van der Waals surface area contributed by atoms with Crippen LogP contribution in [-0.4, -0.2) is 4.98 Å². The van der Waals surface area contributed by atoms with Gasteiger partial charge in [-0.2, -0.15) is 0 Å². The minimum Gasteiger partial charge on any atom is -0.488 e. The zero-order valence-corrected chi connectivity index (χ0v) is 15.1. The van der Waals surface area contributed by atoms with Crippen molar-refractivity contribution in [3.05, 3.63) is 93.7 Å². The highest BCUT2D eigenvalue weighted by Crippen LogP contribution is 2.27. The zero-order chi connectivity index (χ0) is 17.5. The molecular formula is C20H18Cl2N2O. The number of aromatic nitrogens is 1. The average Bonchev–Trinajstić information content (AvgIpc) is 2.63. The number of para-hydroxylation sites is 1. The van der Waals surface area contributed by atoms with Crippen molar-refractivity contribution in [2.45, 2.75) is 19.7 Å². The SMILES string of the molecule is Clc1cccc(Cl)c1COc1ccccc1CNCc1cccnc1. The Hall–Kier alpha value is -2.07. The van der Waals surface area contributed by atoms with Crippen molar-refractivity contribution in [1.29, 1.82) is 0 Å². The van der Waals surface area contributed by atoms with Gasteiger partial charge in [-0.25, -0.2) is 0 Å². The van der Waals surface area contributed by atoms with Crippen molar-refractivity contribution in [2.75, 3.05) is 0 Å². The van der Waals surface area contributed by atoms with E-state index in [9.17, 15) is 0 Å². The predicted octanol–water partition coefficient (Wildman–Crippen LogP) is 5.26. The summed E-state index contributed by atoms with van der Waals surface area (Å²) < 4.78 is 5.97. The fraction of sp³-hybridized carbons (Fsp3) is 0.150. The predicted molar refractivity (Wildman–Crippen MR) is 102 cm³/mol. The fourth-order valence-corrected chi connectivity index (χ4v) is 2.96. The van der Waals surface area contributed by atoms with Crippen LogP contribution in [0.1, 0.15) is 16.7 Å². The van der Waals surface area contributed by atoms with Gasteiger partial charge >= 0.3 is 0 Å². The maximum absolute atomic E-state index is 6.20. The van der Waals surface area contributed by atoms with E-state index in [2.05, 4.69) is 10.3 Å². The lowest BCUT2D eigenvalue weighted by Gasteiger charge is -2.13. The van der Waals surface area contributed by atoms with Gasteiger partial charge in [0.15, 0.2) is 0 Å². The van der Waals surface area contributed by atoms with Gasteiger partial charge in [0, 0.05) is 46.7 Å². The Balaban J connectivity index is 1.63. The standard InChI is InChI=1S/C20H18Cl2N2O/c21-18-7-3-8-19(22)17(18)14-25-20-9-2-1-6-16(20)13-24-12-15-5-4-10-23-11-15/h1-11,24H,12-14H2. The summed E-state index contributed by atoms with van der Waals surface area (Å²) in [5.41, 5.74) is 3.02. The van der Waals surface area contributed by atoms with Gasteiger partial charge in [-0.3, -0.25) is 4.98 Å². The van der Waals surface area contributed by atoms with E-state index < -0.39 is 0 Å². The average molecular weight is 373 g/mol. The van der Waals surface area contributed by atoms with E-state index in [1.165, 1.54) is 0 Å². The van der Waals surface area contributed by atoms with Crippen molar-refractivity contribution >= 4 is 23.2 Å². The largest absolute Gasteiger partial charge is 0.488 e. The molecule has 0 radical (unpaired) electrons. The molecule has 3 aromatic rings. The Labute approximate surface area is 157 Å². The smallest absolute Gasteiger partial charge is 0.124 e. The van der Waals surface area contributed by atoms with Crippen LogP contribution in [0.15, 0.2) is 67.0 Å². The van der Waals surface area contributed by atoms with E-state index in [1.807, 2.05) is 60.8 Å². The molecule has 0 saturated heterocycles. The monoisotopic (exact) mass is 372 g/mol. The van der Waals surface area contributed by atoms with Gasteiger partial charge in [0.1, 0.15) is 12.4 Å². The first-order valence-corrected chi connectivity index (χ1v) is 8.73. The highest BCUT2D eigenvalue weighted by atomic mass is 35.5. The summed E-state index contributed by atoms with van der Waals surface area (Å²) in [6.45, 7) is 1.78. The molecule has 0 aliphatic carbocycles. The third-order valence-corrected chi connectivity index (χ3v) is 4.48. The molecule has 0 aliphatic heterocycles. The third kappa shape index (κ3) is 4.95. The van der Waals surface area contributed by atoms with Crippen molar-refractivity contribution < 1.29 is 4.74 Å². The van der Waals surface area contributed by atoms with E-state index >= 15 is 0 Å². The second-order valence-electron chi connectivity index (χ2n) is 5.56. The van der Waals surface area contributed by atoms with Gasteiger partial charge in [-0.15, -0.1) is 0 Å². The number of ether oxygens (including phenoxy) is 1. The maximum atomic E-state index is 6.20. The molecule has 0 saturated carbocycles. The van der Waals surface area contributed by atoms with Crippen LogP contribution >= 0.6 is 23.2 Å². The van der Waals surface area contributed by atoms with Crippen molar-refractivity contribution in [3.8, 4) is 5.75 Å². The molecular weight excluding hydrogens is 355 g/mol. The number of rotatable bonds is 7. The highest BCUT2D eigenvalue weighted by Gasteiger charge is 2.08. The van der Waals surface area contributed by atoms with Crippen LogP contribution in [0.5, 0.6) is 5.75 Å². The molecule has 3 rings (SSSR count). The van der Waals surface area contributed by atoms with Crippen LogP contribution in [0.25, 0.3) is 0 Å². The summed E-state index contributed by atoms with van der Waals surface area (Å²) in [4.78, 5) is 4.12. The minimum atomic E-state index is 0.331. The van der Waals surface area contributed by atoms with E-state index in [1.54, 1.807) is 6.20 Å². The van der Waals surface area contributed by atoms with Crippen LogP contribution in [0.2, 0.25) is 10.0 Å².